The second kappa shape index (κ2) is 4.94. The minimum Gasteiger partial charge on any atom is -0.378 e. The van der Waals surface area contributed by atoms with Crippen LogP contribution in [-0.4, -0.2) is 23.7 Å². The highest BCUT2D eigenvalue weighted by Gasteiger charge is 2.49. The van der Waals surface area contributed by atoms with Crippen molar-refractivity contribution in [3.63, 3.8) is 0 Å². The molecule has 2 unspecified atom stereocenters. The first-order valence-electron chi connectivity index (χ1n) is 6.04. The number of anilines is 1. The molecule has 94 valence electrons. The Balaban J connectivity index is 2.01. The molecule has 1 N–H and O–H groups in total. The average Bonchev–Trinajstić information content (AvgIpc) is 2.30. The summed E-state index contributed by atoms with van der Waals surface area (Å²) in [6, 6.07) is 4.34. The number of halogens is 1. The fourth-order valence-corrected chi connectivity index (χ4v) is 2.64. The molecule has 17 heavy (non-hydrogen) atoms. The fraction of sp³-hybridized carbons (Fsp3) is 0.615. The van der Waals surface area contributed by atoms with Gasteiger partial charge in [-0.3, -0.25) is 0 Å². The maximum absolute atomic E-state index is 5.72. The van der Waals surface area contributed by atoms with Crippen molar-refractivity contribution >= 4 is 21.7 Å². The lowest BCUT2D eigenvalue weighted by Crippen LogP contribution is -2.58. The standard InChI is InChI=1S/C13H19BrN2O/c1-4-17-11-8-10(13(11,2)3)16-12-9(14)6-5-7-15-12/h5-7,10-11H,4,8H2,1-3H3,(H,15,16). The maximum Gasteiger partial charge on any atom is 0.140 e. The molecule has 1 saturated carbocycles. The van der Waals surface area contributed by atoms with Gasteiger partial charge in [-0.2, -0.15) is 0 Å². The number of aromatic nitrogens is 1. The monoisotopic (exact) mass is 298 g/mol. The van der Waals surface area contributed by atoms with Gasteiger partial charge in [0.05, 0.1) is 10.6 Å². The van der Waals surface area contributed by atoms with Crippen molar-refractivity contribution in [3.05, 3.63) is 22.8 Å². The van der Waals surface area contributed by atoms with E-state index in [2.05, 4.69) is 40.1 Å². The number of nitrogens with one attached hydrogen (secondary N) is 1. The molecule has 2 atom stereocenters. The van der Waals surface area contributed by atoms with Crippen LogP contribution in [-0.2, 0) is 4.74 Å². The van der Waals surface area contributed by atoms with Crippen molar-refractivity contribution in [2.45, 2.75) is 39.3 Å². The summed E-state index contributed by atoms with van der Waals surface area (Å²) in [5.41, 5.74) is 0.160. The zero-order chi connectivity index (χ0) is 12.5. The molecule has 0 amide bonds. The van der Waals surface area contributed by atoms with Crippen LogP contribution >= 0.6 is 15.9 Å². The average molecular weight is 299 g/mol. The van der Waals surface area contributed by atoms with Gasteiger partial charge in [-0.15, -0.1) is 0 Å². The van der Waals surface area contributed by atoms with Gasteiger partial charge in [0.15, 0.2) is 0 Å². The smallest absolute Gasteiger partial charge is 0.140 e. The molecule has 3 nitrogen and oxygen atoms in total. The van der Waals surface area contributed by atoms with Crippen molar-refractivity contribution in [2.75, 3.05) is 11.9 Å². The molecule has 0 spiro atoms. The minimum atomic E-state index is 0.160. The van der Waals surface area contributed by atoms with Crippen molar-refractivity contribution in [1.29, 1.82) is 0 Å². The van der Waals surface area contributed by atoms with Crippen LogP contribution in [0.3, 0.4) is 0 Å². The molecule has 1 aliphatic rings. The van der Waals surface area contributed by atoms with Gasteiger partial charge in [-0.05, 0) is 41.4 Å². The van der Waals surface area contributed by atoms with E-state index in [4.69, 9.17) is 4.74 Å². The van der Waals surface area contributed by atoms with E-state index in [0.717, 1.165) is 23.3 Å². The highest BCUT2D eigenvalue weighted by atomic mass is 79.9. The number of nitrogens with zero attached hydrogens (tertiary/aromatic N) is 1. The summed E-state index contributed by atoms with van der Waals surface area (Å²) in [6.07, 6.45) is 3.20. The Bertz CT molecular complexity index is 395. The number of hydrogen-bond acceptors (Lipinski definition) is 3. The van der Waals surface area contributed by atoms with Gasteiger partial charge < -0.3 is 10.1 Å². The molecule has 1 fully saturated rings. The SMILES string of the molecule is CCOC1CC(Nc2ncccc2Br)C1(C)C. The largest absolute Gasteiger partial charge is 0.378 e. The van der Waals surface area contributed by atoms with Gasteiger partial charge >= 0.3 is 0 Å². The lowest BCUT2D eigenvalue weighted by atomic mass is 9.64. The van der Waals surface area contributed by atoms with Crippen LogP contribution in [0.4, 0.5) is 5.82 Å². The number of ether oxygens (including phenoxy) is 1. The highest BCUT2D eigenvalue weighted by Crippen LogP contribution is 2.44. The van der Waals surface area contributed by atoms with E-state index in [1.807, 2.05) is 19.1 Å². The summed E-state index contributed by atoms with van der Waals surface area (Å²) in [6.45, 7) is 7.32. The molecule has 1 aromatic heterocycles. The van der Waals surface area contributed by atoms with Crippen LogP contribution in [0.2, 0.25) is 0 Å². The molecule has 1 aromatic rings. The molecule has 0 aromatic carbocycles. The van der Waals surface area contributed by atoms with E-state index < -0.39 is 0 Å². The molecular weight excluding hydrogens is 280 g/mol. The van der Waals surface area contributed by atoms with Crippen molar-refractivity contribution in [2.24, 2.45) is 5.41 Å². The van der Waals surface area contributed by atoms with Crippen LogP contribution < -0.4 is 5.32 Å². The fourth-order valence-electron chi connectivity index (χ4n) is 2.27. The van der Waals surface area contributed by atoms with Crippen LogP contribution in [0.25, 0.3) is 0 Å². The van der Waals surface area contributed by atoms with Gasteiger partial charge in [0.25, 0.3) is 0 Å². The molecular formula is C13H19BrN2O. The summed E-state index contributed by atoms with van der Waals surface area (Å²) < 4.78 is 6.73. The number of hydrogen-bond donors (Lipinski definition) is 1. The Labute approximate surface area is 111 Å². The van der Waals surface area contributed by atoms with E-state index >= 15 is 0 Å². The van der Waals surface area contributed by atoms with Gasteiger partial charge in [0.2, 0.25) is 0 Å². The Morgan fingerprint density at radius 2 is 2.35 bits per heavy atom. The Morgan fingerprint density at radius 3 is 2.94 bits per heavy atom. The molecule has 1 aliphatic carbocycles. The first-order valence-corrected chi connectivity index (χ1v) is 6.83. The molecule has 0 bridgehead atoms. The molecule has 2 rings (SSSR count). The molecule has 0 aliphatic heterocycles. The predicted molar refractivity (Wildman–Crippen MR) is 73.2 cm³/mol. The Hall–Kier alpha value is -0.610. The third-order valence-electron chi connectivity index (χ3n) is 3.62. The lowest BCUT2D eigenvalue weighted by Gasteiger charge is -2.51. The van der Waals surface area contributed by atoms with E-state index in [0.29, 0.717) is 12.1 Å². The van der Waals surface area contributed by atoms with Gasteiger partial charge in [-0.25, -0.2) is 4.98 Å². The molecule has 0 radical (unpaired) electrons. The predicted octanol–water partition coefficient (Wildman–Crippen LogP) is 3.46. The summed E-state index contributed by atoms with van der Waals surface area (Å²) in [5, 5.41) is 3.49. The summed E-state index contributed by atoms with van der Waals surface area (Å²) in [7, 11) is 0. The molecule has 4 heteroatoms. The number of rotatable bonds is 4. The second-order valence-electron chi connectivity index (χ2n) is 5.03. The van der Waals surface area contributed by atoms with Crippen LogP contribution in [0.5, 0.6) is 0 Å². The zero-order valence-electron chi connectivity index (χ0n) is 10.5. The van der Waals surface area contributed by atoms with Crippen molar-refractivity contribution < 1.29 is 4.74 Å². The van der Waals surface area contributed by atoms with Gasteiger partial charge in [-0.1, -0.05) is 13.8 Å². The van der Waals surface area contributed by atoms with Crippen molar-refractivity contribution in [3.8, 4) is 0 Å². The number of pyridine rings is 1. The summed E-state index contributed by atoms with van der Waals surface area (Å²) >= 11 is 3.51. The first kappa shape index (κ1) is 12.8. The zero-order valence-corrected chi connectivity index (χ0v) is 12.1. The summed E-state index contributed by atoms with van der Waals surface area (Å²) in [5.74, 6) is 0.917. The quantitative estimate of drug-likeness (QED) is 0.924. The van der Waals surface area contributed by atoms with Crippen LogP contribution in [0.15, 0.2) is 22.8 Å². The maximum atomic E-state index is 5.72. The van der Waals surface area contributed by atoms with Crippen molar-refractivity contribution in [1.82, 2.24) is 4.98 Å². The van der Waals surface area contributed by atoms with Crippen LogP contribution in [0.1, 0.15) is 27.2 Å². The topological polar surface area (TPSA) is 34.1 Å². The summed E-state index contributed by atoms with van der Waals surface area (Å²) in [4.78, 5) is 4.34. The van der Waals surface area contributed by atoms with E-state index in [-0.39, 0.29) is 5.41 Å². The second-order valence-corrected chi connectivity index (χ2v) is 5.89. The van der Waals surface area contributed by atoms with E-state index in [9.17, 15) is 0 Å². The first-order chi connectivity index (χ1) is 8.05. The van der Waals surface area contributed by atoms with Gasteiger partial charge in [0, 0.05) is 24.3 Å². The molecule has 0 saturated heterocycles. The highest BCUT2D eigenvalue weighted by molar-refractivity contribution is 9.10. The van der Waals surface area contributed by atoms with E-state index in [1.165, 1.54) is 0 Å². The minimum absolute atomic E-state index is 0.160. The molecule has 1 heterocycles. The Morgan fingerprint density at radius 1 is 1.59 bits per heavy atom. The lowest BCUT2D eigenvalue weighted by molar-refractivity contribution is -0.0976. The third kappa shape index (κ3) is 2.47. The van der Waals surface area contributed by atoms with Crippen LogP contribution in [0, 0.1) is 5.41 Å². The normalized spacial score (nSPS) is 26.4. The van der Waals surface area contributed by atoms with E-state index in [1.54, 1.807) is 6.20 Å². The van der Waals surface area contributed by atoms with Gasteiger partial charge in [0.1, 0.15) is 5.82 Å². The Kier molecular flexibility index (Phi) is 3.73. The third-order valence-corrected chi connectivity index (χ3v) is 4.25.